The van der Waals surface area contributed by atoms with Crippen LogP contribution in [0.1, 0.15) is 55.5 Å². The first-order valence-corrected chi connectivity index (χ1v) is 9.95. The number of amides is 2. The van der Waals surface area contributed by atoms with Gasteiger partial charge in [-0.25, -0.2) is 4.98 Å². The van der Waals surface area contributed by atoms with Crippen LogP contribution in [0.4, 0.5) is 17.5 Å². The molecule has 1 aromatic carbocycles. The molecule has 2 amide bonds. The van der Waals surface area contributed by atoms with Crippen LogP contribution < -0.4 is 20.3 Å². The molecule has 5 rings (SSSR count). The summed E-state index contributed by atoms with van der Waals surface area (Å²) in [4.78, 5) is 38.3. The van der Waals surface area contributed by atoms with Gasteiger partial charge in [-0.05, 0) is 50.5 Å². The first-order valence-electron chi connectivity index (χ1n) is 9.95. The van der Waals surface area contributed by atoms with Crippen molar-refractivity contribution in [2.75, 3.05) is 15.5 Å². The van der Waals surface area contributed by atoms with Crippen LogP contribution in [-0.4, -0.2) is 33.4 Å². The Labute approximate surface area is 168 Å². The monoisotopic (exact) mass is 393 g/mol. The molecule has 0 radical (unpaired) electrons. The minimum atomic E-state index is -0.975. The molecule has 8 heteroatoms. The third-order valence-corrected chi connectivity index (χ3v) is 5.92. The highest BCUT2D eigenvalue weighted by Gasteiger charge is 2.46. The molecule has 2 aliphatic heterocycles. The van der Waals surface area contributed by atoms with Gasteiger partial charge in [0.2, 0.25) is 5.95 Å². The summed E-state index contributed by atoms with van der Waals surface area (Å²) in [6.07, 6.45) is 5.62. The number of aromatic nitrogens is 2. The van der Waals surface area contributed by atoms with Crippen molar-refractivity contribution < 1.29 is 14.3 Å². The summed E-state index contributed by atoms with van der Waals surface area (Å²) < 4.78 is 5.91. The van der Waals surface area contributed by atoms with E-state index in [1.807, 2.05) is 0 Å². The third-order valence-electron chi connectivity index (χ3n) is 5.92. The van der Waals surface area contributed by atoms with E-state index >= 15 is 0 Å². The molecule has 0 atom stereocenters. The number of hydrogen-bond acceptors (Lipinski definition) is 6. The Balaban J connectivity index is 1.55. The maximum atomic E-state index is 13.2. The number of carbonyl (C=O) groups excluding carboxylic acids is 2. The molecule has 2 N–H and O–H groups in total. The maximum absolute atomic E-state index is 13.2. The van der Waals surface area contributed by atoms with E-state index < -0.39 is 5.60 Å². The Morgan fingerprint density at radius 1 is 1.21 bits per heavy atom. The average molecular weight is 393 g/mol. The molecule has 0 bridgehead atoms. The standard InChI is InChI=1S/C21H23N5O3/c1-21(2)19(28)26(14-5-3-4-6-14)17-16(29-21)10-23-20(24-17)25-11-12-9-13(22)7-8-15(12)18(25)27/h7-10,14H,3-6,11,22H2,1-2H3. The molecule has 150 valence electrons. The minimum Gasteiger partial charge on any atom is -0.472 e. The smallest absolute Gasteiger partial charge is 0.272 e. The Hall–Kier alpha value is -3.16. The predicted octanol–water partition coefficient (Wildman–Crippen LogP) is 2.67. The lowest BCUT2D eigenvalue weighted by Gasteiger charge is -2.40. The van der Waals surface area contributed by atoms with Crippen molar-refractivity contribution in [3.63, 3.8) is 0 Å². The first-order chi connectivity index (χ1) is 13.8. The maximum Gasteiger partial charge on any atom is 0.272 e. The molecule has 0 unspecified atom stereocenters. The molecule has 0 saturated heterocycles. The van der Waals surface area contributed by atoms with Crippen LogP contribution >= 0.6 is 0 Å². The Kier molecular flexibility index (Phi) is 3.81. The third kappa shape index (κ3) is 2.73. The van der Waals surface area contributed by atoms with Gasteiger partial charge >= 0.3 is 0 Å². The van der Waals surface area contributed by atoms with E-state index in [1.54, 1.807) is 43.1 Å². The zero-order valence-electron chi connectivity index (χ0n) is 16.5. The second-order valence-corrected chi connectivity index (χ2v) is 8.39. The lowest BCUT2D eigenvalue weighted by Crippen LogP contribution is -2.56. The predicted molar refractivity (Wildman–Crippen MR) is 108 cm³/mol. The van der Waals surface area contributed by atoms with E-state index in [-0.39, 0.29) is 23.8 Å². The highest BCUT2D eigenvalue weighted by molar-refractivity contribution is 6.09. The Bertz CT molecular complexity index is 1030. The van der Waals surface area contributed by atoms with Crippen LogP contribution in [0.2, 0.25) is 0 Å². The Morgan fingerprint density at radius 3 is 2.72 bits per heavy atom. The van der Waals surface area contributed by atoms with Gasteiger partial charge in [0, 0.05) is 17.3 Å². The van der Waals surface area contributed by atoms with Crippen molar-refractivity contribution in [3.05, 3.63) is 35.5 Å². The summed E-state index contributed by atoms with van der Waals surface area (Å²) in [7, 11) is 0. The van der Waals surface area contributed by atoms with Gasteiger partial charge in [0.25, 0.3) is 11.8 Å². The van der Waals surface area contributed by atoms with Crippen LogP contribution in [0.25, 0.3) is 0 Å². The number of anilines is 3. The van der Waals surface area contributed by atoms with Gasteiger partial charge in [-0.3, -0.25) is 19.4 Å². The largest absolute Gasteiger partial charge is 0.472 e. The van der Waals surface area contributed by atoms with E-state index in [4.69, 9.17) is 10.5 Å². The summed E-state index contributed by atoms with van der Waals surface area (Å²) in [5.41, 5.74) is 6.94. The molecule has 1 aromatic heterocycles. The van der Waals surface area contributed by atoms with Crippen molar-refractivity contribution in [2.45, 2.75) is 57.7 Å². The van der Waals surface area contributed by atoms with Crippen LogP contribution in [0.15, 0.2) is 24.4 Å². The van der Waals surface area contributed by atoms with Crippen molar-refractivity contribution >= 4 is 29.3 Å². The summed E-state index contributed by atoms with van der Waals surface area (Å²) in [5, 5.41) is 0. The first kappa shape index (κ1) is 17.9. The number of rotatable bonds is 2. The fourth-order valence-corrected chi connectivity index (χ4v) is 4.44. The molecule has 0 spiro atoms. The van der Waals surface area contributed by atoms with Crippen LogP contribution in [-0.2, 0) is 11.3 Å². The van der Waals surface area contributed by atoms with Gasteiger partial charge in [-0.2, -0.15) is 4.98 Å². The van der Waals surface area contributed by atoms with Gasteiger partial charge < -0.3 is 10.5 Å². The molecule has 3 aliphatic rings. The number of benzene rings is 1. The van der Waals surface area contributed by atoms with Gasteiger partial charge in [0.05, 0.1) is 12.7 Å². The molecule has 3 heterocycles. The average Bonchev–Trinajstić information content (AvgIpc) is 3.31. The molecule has 29 heavy (non-hydrogen) atoms. The zero-order valence-corrected chi connectivity index (χ0v) is 16.5. The molecule has 2 aromatic rings. The van der Waals surface area contributed by atoms with Crippen LogP contribution in [0.5, 0.6) is 5.75 Å². The van der Waals surface area contributed by atoms with Crippen molar-refractivity contribution in [3.8, 4) is 5.75 Å². The van der Waals surface area contributed by atoms with Crippen molar-refractivity contribution in [2.24, 2.45) is 0 Å². The van der Waals surface area contributed by atoms with Gasteiger partial charge in [0.15, 0.2) is 17.2 Å². The van der Waals surface area contributed by atoms with E-state index in [2.05, 4.69) is 9.97 Å². The molecule has 1 fully saturated rings. The van der Waals surface area contributed by atoms with Crippen molar-refractivity contribution in [1.82, 2.24) is 9.97 Å². The van der Waals surface area contributed by atoms with E-state index in [9.17, 15) is 9.59 Å². The van der Waals surface area contributed by atoms with Crippen LogP contribution in [0, 0.1) is 0 Å². The van der Waals surface area contributed by atoms with E-state index in [0.29, 0.717) is 29.4 Å². The second-order valence-electron chi connectivity index (χ2n) is 8.39. The molecular weight excluding hydrogens is 370 g/mol. The molecular formula is C21H23N5O3. The normalized spacial score (nSPS) is 20.6. The fraction of sp³-hybridized carbons (Fsp3) is 0.429. The number of nitrogens with zero attached hydrogens (tertiary/aromatic N) is 4. The lowest BCUT2D eigenvalue weighted by atomic mass is 10.0. The summed E-state index contributed by atoms with van der Waals surface area (Å²) in [5.74, 6) is 0.914. The number of nitrogens with two attached hydrogens (primary N) is 1. The highest BCUT2D eigenvalue weighted by Crippen LogP contribution is 2.41. The number of nitrogen functional groups attached to an aromatic ring is 1. The molecule has 1 saturated carbocycles. The number of carbonyl (C=O) groups is 2. The zero-order chi connectivity index (χ0) is 20.3. The highest BCUT2D eigenvalue weighted by atomic mass is 16.5. The molecule has 8 nitrogen and oxygen atoms in total. The van der Waals surface area contributed by atoms with E-state index in [0.717, 1.165) is 31.2 Å². The van der Waals surface area contributed by atoms with Gasteiger partial charge in [-0.15, -0.1) is 0 Å². The topological polar surface area (TPSA) is 102 Å². The minimum absolute atomic E-state index is 0.0958. The fourth-order valence-electron chi connectivity index (χ4n) is 4.44. The number of fused-ring (bicyclic) bond motifs is 2. The molecule has 1 aliphatic carbocycles. The SMILES string of the molecule is CC1(C)Oc2cnc(N3Cc4cc(N)ccc4C3=O)nc2N(C2CCCC2)C1=O. The summed E-state index contributed by atoms with van der Waals surface area (Å²) in [6.45, 7) is 3.88. The lowest BCUT2D eigenvalue weighted by molar-refractivity contribution is -0.133. The van der Waals surface area contributed by atoms with Gasteiger partial charge in [-0.1, -0.05) is 12.8 Å². The van der Waals surface area contributed by atoms with Crippen LogP contribution in [0.3, 0.4) is 0 Å². The van der Waals surface area contributed by atoms with E-state index in [1.165, 1.54) is 4.90 Å². The van der Waals surface area contributed by atoms with Crippen molar-refractivity contribution in [1.29, 1.82) is 0 Å². The number of hydrogen-bond donors (Lipinski definition) is 1. The summed E-state index contributed by atoms with van der Waals surface area (Å²) in [6, 6.07) is 5.33. The van der Waals surface area contributed by atoms with Gasteiger partial charge in [0.1, 0.15) is 0 Å². The Morgan fingerprint density at radius 2 is 1.97 bits per heavy atom. The summed E-state index contributed by atoms with van der Waals surface area (Å²) >= 11 is 0. The quantitative estimate of drug-likeness (QED) is 0.787. The number of ether oxygens (including phenoxy) is 1. The second kappa shape index (κ2) is 6.17.